The van der Waals surface area contributed by atoms with Crippen molar-refractivity contribution in [2.45, 2.75) is 50.3 Å². The van der Waals surface area contributed by atoms with Crippen LogP contribution in [0.5, 0.6) is 0 Å². The Bertz CT molecular complexity index is 559. The highest BCUT2D eigenvalue weighted by Crippen LogP contribution is 2.14. The standard InChI is InChI=1S/C17H24O4S/c1-16-10-12-17(13-11-16)22(19,20)21-15-9-7-5-3-2-4-6-8-14-18/h6,8,10-14H,2-5,7,9,15H2,1H3/b8-6-. The van der Waals surface area contributed by atoms with Crippen LogP contribution < -0.4 is 0 Å². The third kappa shape index (κ3) is 7.52. The molecule has 1 aromatic rings. The molecule has 0 aliphatic carbocycles. The summed E-state index contributed by atoms with van der Waals surface area (Å²) in [7, 11) is -3.63. The molecule has 0 unspecified atom stereocenters. The maximum atomic E-state index is 11.9. The second-order valence-electron chi connectivity index (χ2n) is 5.21. The molecule has 0 aliphatic rings. The zero-order valence-corrected chi connectivity index (χ0v) is 13.8. The maximum absolute atomic E-state index is 11.9. The molecule has 1 rings (SSSR count). The van der Waals surface area contributed by atoms with Crippen LogP contribution in [0.4, 0.5) is 0 Å². The van der Waals surface area contributed by atoms with Gasteiger partial charge >= 0.3 is 0 Å². The maximum Gasteiger partial charge on any atom is 0.296 e. The Morgan fingerprint density at radius 3 is 2.32 bits per heavy atom. The summed E-state index contributed by atoms with van der Waals surface area (Å²) in [5.74, 6) is 0. The van der Waals surface area contributed by atoms with Gasteiger partial charge in [-0.25, -0.2) is 0 Å². The van der Waals surface area contributed by atoms with Crippen LogP contribution >= 0.6 is 0 Å². The van der Waals surface area contributed by atoms with E-state index in [2.05, 4.69) is 0 Å². The van der Waals surface area contributed by atoms with Crippen LogP contribution in [-0.2, 0) is 19.1 Å². The molecule has 122 valence electrons. The number of hydrogen-bond acceptors (Lipinski definition) is 4. The summed E-state index contributed by atoms with van der Waals surface area (Å²) < 4.78 is 28.9. The predicted molar refractivity (Wildman–Crippen MR) is 87.2 cm³/mol. The zero-order chi connectivity index (χ0) is 16.3. The van der Waals surface area contributed by atoms with E-state index in [1.54, 1.807) is 24.3 Å². The molecular weight excluding hydrogens is 300 g/mol. The minimum Gasteiger partial charge on any atom is -0.299 e. The molecule has 0 aromatic heterocycles. The van der Waals surface area contributed by atoms with Gasteiger partial charge in [-0.1, -0.05) is 43.0 Å². The molecule has 0 aliphatic heterocycles. The van der Waals surface area contributed by atoms with Gasteiger partial charge in [0.1, 0.15) is 6.29 Å². The first kappa shape index (κ1) is 18.6. The highest BCUT2D eigenvalue weighted by Gasteiger charge is 2.14. The Labute approximate surface area is 133 Å². The van der Waals surface area contributed by atoms with E-state index in [9.17, 15) is 13.2 Å². The molecule has 0 spiro atoms. The number of aryl methyl sites for hydroxylation is 1. The van der Waals surface area contributed by atoms with Crippen LogP contribution in [0.3, 0.4) is 0 Å². The lowest BCUT2D eigenvalue weighted by Gasteiger charge is -2.06. The number of hydrogen-bond donors (Lipinski definition) is 0. The Morgan fingerprint density at radius 2 is 1.64 bits per heavy atom. The second-order valence-corrected chi connectivity index (χ2v) is 6.83. The normalized spacial score (nSPS) is 11.9. The van der Waals surface area contributed by atoms with Crippen molar-refractivity contribution in [3.8, 4) is 0 Å². The van der Waals surface area contributed by atoms with Gasteiger partial charge in [0.2, 0.25) is 0 Å². The molecule has 4 nitrogen and oxygen atoms in total. The summed E-state index contributed by atoms with van der Waals surface area (Å²) in [6.07, 6.45) is 9.93. The fraction of sp³-hybridized carbons (Fsp3) is 0.471. The van der Waals surface area contributed by atoms with Gasteiger partial charge in [-0.3, -0.25) is 8.98 Å². The molecule has 5 heteroatoms. The minimum atomic E-state index is -3.63. The quantitative estimate of drug-likeness (QED) is 0.269. The SMILES string of the molecule is Cc1ccc(S(=O)(=O)OCCCCCCC/C=C\C=O)cc1. The van der Waals surface area contributed by atoms with Crippen LogP contribution in [-0.4, -0.2) is 21.3 Å². The van der Waals surface area contributed by atoms with Gasteiger partial charge in [-0.15, -0.1) is 0 Å². The van der Waals surface area contributed by atoms with Crippen molar-refractivity contribution in [3.63, 3.8) is 0 Å². The first-order valence-electron chi connectivity index (χ1n) is 7.62. The molecule has 0 saturated heterocycles. The fourth-order valence-electron chi connectivity index (χ4n) is 1.99. The van der Waals surface area contributed by atoms with Gasteiger partial charge in [0.15, 0.2) is 0 Å². The third-order valence-corrected chi connectivity index (χ3v) is 4.60. The predicted octanol–water partition coefficient (Wildman–Crippen LogP) is 3.80. The number of rotatable bonds is 11. The molecule has 0 fully saturated rings. The number of unbranched alkanes of at least 4 members (excludes halogenated alkanes) is 5. The molecule has 0 saturated carbocycles. The summed E-state index contributed by atoms with van der Waals surface area (Å²) >= 11 is 0. The Morgan fingerprint density at radius 1 is 1.00 bits per heavy atom. The molecule has 0 N–H and O–H groups in total. The molecule has 1 aromatic carbocycles. The van der Waals surface area contributed by atoms with E-state index in [4.69, 9.17) is 4.18 Å². The molecule has 0 bridgehead atoms. The summed E-state index contributed by atoms with van der Waals surface area (Å²) in [6, 6.07) is 6.65. The van der Waals surface area contributed by atoms with Gasteiger partial charge < -0.3 is 0 Å². The number of carbonyl (C=O) groups excluding carboxylic acids is 1. The number of carbonyl (C=O) groups is 1. The van der Waals surface area contributed by atoms with Gasteiger partial charge in [-0.05, 0) is 44.4 Å². The molecule has 0 radical (unpaired) electrons. The van der Waals surface area contributed by atoms with Crippen LogP contribution in [0.1, 0.15) is 44.1 Å². The van der Waals surface area contributed by atoms with E-state index in [-0.39, 0.29) is 11.5 Å². The fourth-order valence-corrected chi connectivity index (χ4v) is 2.93. The van der Waals surface area contributed by atoms with Crippen LogP contribution in [0.25, 0.3) is 0 Å². The highest BCUT2D eigenvalue weighted by atomic mass is 32.2. The van der Waals surface area contributed by atoms with Crippen molar-refractivity contribution in [2.75, 3.05) is 6.61 Å². The lowest BCUT2D eigenvalue weighted by Crippen LogP contribution is -2.07. The summed E-state index contributed by atoms with van der Waals surface area (Å²) in [4.78, 5) is 10.3. The van der Waals surface area contributed by atoms with Crippen LogP contribution in [0, 0.1) is 6.92 Å². The van der Waals surface area contributed by atoms with E-state index in [1.807, 2.05) is 13.0 Å². The van der Waals surface area contributed by atoms with Crippen LogP contribution in [0.15, 0.2) is 41.3 Å². The molecule has 0 heterocycles. The minimum absolute atomic E-state index is 0.208. The van der Waals surface area contributed by atoms with E-state index >= 15 is 0 Å². The average molecular weight is 324 g/mol. The van der Waals surface area contributed by atoms with Gasteiger partial charge in [-0.2, -0.15) is 8.42 Å². The van der Waals surface area contributed by atoms with E-state index in [0.29, 0.717) is 0 Å². The highest BCUT2D eigenvalue weighted by molar-refractivity contribution is 7.86. The second kappa shape index (κ2) is 10.3. The molecule has 0 atom stereocenters. The summed E-state index contributed by atoms with van der Waals surface area (Å²) in [5.41, 5.74) is 1.02. The van der Waals surface area contributed by atoms with Crippen molar-refractivity contribution in [2.24, 2.45) is 0 Å². The van der Waals surface area contributed by atoms with Crippen LogP contribution in [0.2, 0.25) is 0 Å². The molecule has 22 heavy (non-hydrogen) atoms. The third-order valence-electron chi connectivity index (χ3n) is 3.28. The number of aldehydes is 1. The monoisotopic (exact) mass is 324 g/mol. The Kier molecular flexibility index (Phi) is 8.70. The zero-order valence-electron chi connectivity index (χ0n) is 13.0. The topological polar surface area (TPSA) is 60.4 Å². The summed E-state index contributed by atoms with van der Waals surface area (Å²) in [6.45, 7) is 2.13. The van der Waals surface area contributed by atoms with E-state index < -0.39 is 10.1 Å². The summed E-state index contributed by atoms with van der Waals surface area (Å²) in [5, 5.41) is 0. The van der Waals surface area contributed by atoms with Crippen molar-refractivity contribution in [3.05, 3.63) is 42.0 Å². The first-order chi connectivity index (χ1) is 10.6. The van der Waals surface area contributed by atoms with Gasteiger partial charge in [0.05, 0.1) is 11.5 Å². The lowest BCUT2D eigenvalue weighted by molar-refractivity contribution is -0.104. The van der Waals surface area contributed by atoms with Gasteiger partial charge in [0, 0.05) is 0 Å². The first-order valence-corrected chi connectivity index (χ1v) is 9.03. The largest absolute Gasteiger partial charge is 0.299 e. The van der Waals surface area contributed by atoms with Crippen molar-refractivity contribution in [1.82, 2.24) is 0 Å². The average Bonchev–Trinajstić information content (AvgIpc) is 2.49. The number of benzene rings is 1. The lowest BCUT2D eigenvalue weighted by atomic mass is 10.1. The smallest absolute Gasteiger partial charge is 0.296 e. The Hall–Kier alpha value is -1.46. The van der Waals surface area contributed by atoms with Crippen molar-refractivity contribution < 1.29 is 17.4 Å². The molecular formula is C17H24O4S. The molecule has 0 amide bonds. The van der Waals surface area contributed by atoms with Crippen molar-refractivity contribution in [1.29, 1.82) is 0 Å². The van der Waals surface area contributed by atoms with E-state index in [0.717, 1.165) is 50.4 Å². The van der Waals surface area contributed by atoms with E-state index in [1.165, 1.54) is 6.08 Å². The Balaban J connectivity index is 2.15. The number of allylic oxidation sites excluding steroid dienone is 2. The van der Waals surface area contributed by atoms with Crippen molar-refractivity contribution >= 4 is 16.4 Å². The van der Waals surface area contributed by atoms with Gasteiger partial charge in [0.25, 0.3) is 10.1 Å².